The molecule has 0 atom stereocenters. The Bertz CT molecular complexity index is 778. The highest BCUT2D eigenvalue weighted by molar-refractivity contribution is 5.98. The van der Waals surface area contributed by atoms with E-state index in [1.807, 2.05) is 0 Å². The molecule has 0 aliphatic rings. The number of rotatable bonds is 4. The first-order valence-corrected chi connectivity index (χ1v) is 8.10. The van der Waals surface area contributed by atoms with Crippen molar-refractivity contribution in [2.45, 2.75) is 26.4 Å². The number of anilines is 2. The average Bonchev–Trinajstić information content (AvgIpc) is 2.60. The van der Waals surface area contributed by atoms with Crippen LogP contribution in [0.25, 0.3) is 0 Å². The van der Waals surface area contributed by atoms with Crippen molar-refractivity contribution < 1.29 is 23.8 Å². The zero-order valence-corrected chi connectivity index (χ0v) is 15.6. The molecular weight excluding hydrogens is 334 g/mol. The van der Waals surface area contributed by atoms with E-state index in [0.717, 1.165) is 0 Å². The summed E-state index contributed by atoms with van der Waals surface area (Å²) < 4.78 is 15.5. The monoisotopic (exact) mass is 357 g/mol. The van der Waals surface area contributed by atoms with E-state index in [2.05, 4.69) is 0 Å². The van der Waals surface area contributed by atoms with E-state index in [4.69, 9.17) is 14.2 Å². The van der Waals surface area contributed by atoms with Crippen LogP contribution in [-0.4, -0.2) is 31.9 Å². The first kappa shape index (κ1) is 19.3. The highest BCUT2D eigenvalue weighted by atomic mass is 16.6. The van der Waals surface area contributed by atoms with Crippen LogP contribution in [0.2, 0.25) is 0 Å². The zero-order valence-electron chi connectivity index (χ0n) is 15.6. The van der Waals surface area contributed by atoms with E-state index in [0.29, 0.717) is 22.7 Å². The standard InChI is InChI=1S/C20H23NO5/c1-20(2,3)26-19(23)21(15-9-11-17(24-4)12-10-15)16-8-6-7-14(13-16)18(22)25-5/h6-13H,1-5H3. The molecule has 0 spiro atoms. The van der Waals surface area contributed by atoms with Gasteiger partial charge in [-0.1, -0.05) is 6.07 Å². The Balaban J connectivity index is 2.49. The quantitative estimate of drug-likeness (QED) is 0.751. The minimum atomic E-state index is -0.665. The van der Waals surface area contributed by atoms with Crippen LogP contribution in [0.5, 0.6) is 5.75 Å². The molecule has 2 aromatic carbocycles. The largest absolute Gasteiger partial charge is 0.497 e. The number of carbonyl (C=O) groups excluding carboxylic acids is 2. The predicted octanol–water partition coefficient (Wildman–Crippen LogP) is 4.56. The van der Waals surface area contributed by atoms with E-state index in [1.54, 1.807) is 76.4 Å². The van der Waals surface area contributed by atoms with Gasteiger partial charge in [-0.15, -0.1) is 0 Å². The van der Waals surface area contributed by atoms with E-state index in [1.165, 1.54) is 12.0 Å². The van der Waals surface area contributed by atoms with Crippen molar-refractivity contribution in [2.24, 2.45) is 0 Å². The molecule has 6 nitrogen and oxygen atoms in total. The van der Waals surface area contributed by atoms with Gasteiger partial charge < -0.3 is 14.2 Å². The van der Waals surface area contributed by atoms with E-state index >= 15 is 0 Å². The summed E-state index contributed by atoms with van der Waals surface area (Å²) in [7, 11) is 2.88. The molecule has 0 unspecified atom stereocenters. The van der Waals surface area contributed by atoms with Crippen LogP contribution in [0.4, 0.5) is 16.2 Å². The van der Waals surface area contributed by atoms with E-state index in [9.17, 15) is 9.59 Å². The molecule has 2 rings (SSSR count). The molecule has 0 aliphatic heterocycles. The van der Waals surface area contributed by atoms with Crippen molar-refractivity contribution in [3.63, 3.8) is 0 Å². The van der Waals surface area contributed by atoms with Gasteiger partial charge >= 0.3 is 12.1 Å². The van der Waals surface area contributed by atoms with Gasteiger partial charge in [0.15, 0.2) is 0 Å². The summed E-state index contributed by atoms with van der Waals surface area (Å²) in [5.41, 5.74) is 0.753. The molecule has 1 amide bonds. The lowest BCUT2D eigenvalue weighted by molar-refractivity contribution is 0.0586. The molecule has 0 aliphatic carbocycles. The second-order valence-corrected chi connectivity index (χ2v) is 6.56. The van der Waals surface area contributed by atoms with Crippen LogP contribution in [-0.2, 0) is 9.47 Å². The second-order valence-electron chi connectivity index (χ2n) is 6.56. The number of nitrogens with zero attached hydrogens (tertiary/aromatic N) is 1. The molecule has 138 valence electrons. The van der Waals surface area contributed by atoms with Crippen molar-refractivity contribution in [1.29, 1.82) is 0 Å². The third-order valence-corrected chi connectivity index (χ3v) is 3.43. The van der Waals surface area contributed by atoms with Crippen LogP contribution in [0.3, 0.4) is 0 Å². The Labute approximate surface area is 153 Å². The van der Waals surface area contributed by atoms with Gasteiger partial charge in [0.25, 0.3) is 0 Å². The maximum Gasteiger partial charge on any atom is 0.419 e. The van der Waals surface area contributed by atoms with Crippen molar-refractivity contribution in [1.82, 2.24) is 0 Å². The molecule has 0 radical (unpaired) electrons. The van der Waals surface area contributed by atoms with E-state index in [-0.39, 0.29) is 0 Å². The molecule has 0 bridgehead atoms. The Morgan fingerprint density at radius 1 is 0.923 bits per heavy atom. The molecule has 0 heterocycles. The maximum absolute atomic E-state index is 12.8. The summed E-state index contributed by atoms with van der Waals surface area (Å²) in [6.45, 7) is 5.38. The van der Waals surface area contributed by atoms with Gasteiger partial charge in [-0.3, -0.25) is 0 Å². The fraction of sp³-hybridized carbons (Fsp3) is 0.300. The highest BCUT2D eigenvalue weighted by Gasteiger charge is 2.25. The molecule has 0 aromatic heterocycles. The number of esters is 1. The van der Waals surface area contributed by atoms with Crippen LogP contribution in [0, 0.1) is 0 Å². The summed E-state index contributed by atoms with van der Waals surface area (Å²) in [4.78, 5) is 26.1. The maximum atomic E-state index is 12.8. The van der Waals surface area contributed by atoms with Gasteiger partial charge in [-0.2, -0.15) is 0 Å². The summed E-state index contributed by atoms with van der Waals surface area (Å²) in [5, 5.41) is 0. The molecule has 26 heavy (non-hydrogen) atoms. The number of benzene rings is 2. The summed E-state index contributed by atoms with van der Waals surface area (Å²) in [6, 6.07) is 13.6. The number of hydrogen-bond acceptors (Lipinski definition) is 5. The Kier molecular flexibility index (Phi) is 5.87. The minimum Gasteiger partial charge on any atom is -0.497 e. The summed E-state index contributed by atoms with van der Waals surface area (Å²) in [6.07, 6.45) is -0.551. The van der Waals surface area contributed by atoms with Gasteiger partial charge in [-0.05, 0) is 63.2 Å². The first-order valence-electron chi connectivity index (χ1n) is 8.10. The molecular formula is C20H23NO5. The predicted molar refractivity (Wildman–Crippen MR) is 99.1 cm³/mol. The fourth-order valence-corrected chi connectivity index (χ4v) is 2.29. The lowest BCUT2D eigenvalue weighted by Crippen LogP contribution is -2.34. The van der Waals surface area contributed by atoms with Crippen LogP contribution in [0.1, 0.15) is 31.1 Å². The number of hydrogen-bond donors (Lipinski definition) is 0. The lowest BCUT2D eigenvalue weighted by atomic mass is 10.1. The fourth-order valence-electron chi connectivity index (χ4n) is 2.29. The lowest BCUT2D eigenvalue weighted by Gasteiger charge is -2.27. The van der Waals surface area contributed by atoms with Gasteiger partial charge in [-0.25, -0.2) is 14.5 Å². The third-order valence-electron chi connectivity index (χ3n) is 3.43. The van der Waals surface area contributed by atoms with Crippen molar-refractivity contribution in [2.75, 3.05) is 19.1 Å². The SMILES string of the molecule is COC(=O)c1cccc(N(C(=O)OC(C)(C)C)c2ccc(OC)cc2)c1. The van der Waals surface area contributed by atoms with Crippen LogP contribution in [0.15, 0.2) is 48.5 Å². The molecule has 0 saturated heterocycles. The van der Waals surface area contributed by atoms with Gasteiger partial charge in [0, 0.05) is 0 Å². The molecule has 2 aromatic rings. The molecule has 0 saturated carbocycles. The van der Waals surface area contributed by atoms with E-state index < -0.39 is 17.7 Å². The molecule has 6 heteroatoms. The number of ether oxygens (including phenoxy) is 3. The molecule has 0 fully saturated rings. The highest BCUT2D eigenvalue weighted by Crippen LogP contribution is 2.30. The number of amides is 1. The molecule has 0 N–H and O–H groups in total. The van der Waals surface area contributed by atoms with Crippen molar-refractivity contribution >= 4 is 23.4 Å². The Morgan fingerprint density at radius 2 is 1.58 bits per heavy atom. The minimum absolute atomic E-state index is 0.340. The van der Waals surface area contributed by atoms with Crippen molar-refractivity contribution in [3.05, 3.63) is 54.1 Å². The van der Waals surface area contributed by atoms with Crippen LogP contribution >= 0.6 is 0 Å². The summed E-state index contributed by atoms with van der Waals surface area (Å²) in [5.74, 6) is 0.187. The van der Waals surface area contributed by atoms with Gasteiger partial charge in [0.2, 0.25) is 0 Å². The number of carbonyl (C=O) groups is 2. The first-order chi connectivity index (χ1) is 12.2. The van der Waals surface area contributed by atoms with Crippen LogP contribution < -0.4 is 9.64 Å². The smallest absolute Gasteiger partial charge is 0.419 e. The van der Waals surface area contributed by atoms with Crippen molar-refractivity contribution in [3.8, 4) is 5.75 Å². The topological polar surface area (TPSA) is 65.1 Å². The zero-order chi connectivity index (χ0) is 19.3. The Hall–Kier alpha value is -3.02. The second kappa shape index (κ2) is 7.91. The van der Waals surface area contributed by atoms with Gasteiger partial charge in [0.05, 0.1) is 31.2 Å². The normalized spacial score (nSPS) is 10.8. The average molecular weight is 357 g/mol. The third kappa shape index (κ3) is 4.75. The number of methoxy groups -OCH3 is 2. The summed E-state index contributed by atoms with van der Waals surface area (Å²) >= 11 is 0. The van der Waals surface area contributed by atoms with Gasteiger partial charge in [0.1, 0.15) is 11.4 Å². The Morgan fingerprint density at radius 3 is 2.12 bits per heavy atom.